The summed E-state index contributed by atoms with van der Waals surface area (Å²) < 4.78 is 2.23. The highest BCUT2D eigenvalue weighted by Gasteiger charge is 2.25. The standard InChI is InChI=1S/C20H26ClN5O/c21-17-6-1-3-15(13-17)14-25-10-8-19-24-23-18(26(19)12-11-25)7-9-22-20(27)16-4-2-5-16/h1,3,6,13,16H,2,4-5,7-12,14H2,(H,22,27). The third kappa shape index (κ3) is 4.50. The number of fused-ring (bicyclic) bond motifs is 1. The zero-order valence-corrected chi connectivity index (χ0v) is 16.3. The van der Waals surface area contributed by atoms with E-state index in [1.165, 1.54) is 12.0 Å². The maximum Gasteiger partial charge on any atom is 0.223 e. The van der Waals surface area contributed by atoms with Crippen molar-refractivity contribution in [2.45, 2.75) is 45.2 Å². The van der Waals surface area contributed by atoms with Crippen LogP contribution in [0.3, 0.4) is 0 Å². The fraction of sp³-hybridized carbons (Fsp3) is 0.550. The Bertz CT molecular complexity index is 801. The van der Waals surface area contributed by atoms with E-state index in [0.717, 1.165) is 68.5 Å². The predicted octanol–water partition coefficient (Wildman–Crippen LogP) is 2.45. The molecule has 1 aromatic carbocycles. The molecule has 1 aromatic heterocycles. The van der Waals surface area contributed by atoms with E-state index < -0.39 is 0 Å². The lowest BCUT2D eigenvalue weighted by molar-refractivity contribution is -0.127. The Morgan fingerprint density at radius 2 is 2.11 bits per heavy atom. The predicted molar refractivity (Wildman–Crippen MR) is 105 cm³/mol. The molecule has 7 heteroatoms. The SMILES string of the molecule is O=C(NCCc1nnc2n1CCN(Cc1cccc(Cl)c1)CC2)C1CCC1. The van der Waals surface area contributed by atoms with Gasteiger partial charge in [0.1, 0.15) is 11.6 Å². The molecule has 0 bridgehead atoms. The molecule has 6 nitrogen and oxygen atoms in total. The Hall–Kier alpha value is -1.92. The van der Waals surface area contributed by atoms with Crippen LogP contribution >= 0.6 is 11.6 Å². The number of rotatable bonds is 6. The molecular formula is C20H26ClN5O. The van der Waals surface area contributed by atoms with E-state index in [9.17, 15) is 4.79 Å². The lowest BCUT2D eigenvalue weighted by Crippen LogP contribution is -2.35. The summed E-state index contributed by atoms with van der Waals surface area (Å²) in [7, 11) is 0. The van der Waals surface area contributed by atoms with Crippen LogP contribution in [-0.2, 0) is 30.7 Å². The molecule has 0 radical (unpaired) electrons. The van der Waals surface area contributed by atoms with Crippen molar-refractivity contribution in [3.05, 3.63) is 46.5 Å². The smallest absolute Gasteiger partial charge is 0.223 e. The Balaban J connectivity index is 1.31. The van der Waals surface area contributed by atoms with E-state index in [0.29, 0.717) is 6.54 Å². The highest BCUT2D eigenvalue weighted by molar-refractivity contribution is 6.30. The van der Waals surface area contributed by atoms with E-state index >= 15 is 0 Å². The third-order valence-electron chi connectivity index (χ3n) is 5.61. The van der Waals surface area contributed by atoms with Gasteiger partial charge in [0.2, 0.25) is 5.91 Å². The maximum atomic E-state index is 12.0. The molecule has 0 atom stereocenters. The monoisotopic (exact) mass is 387 g/mol. The second-order valence-electron chi connectivity index (χ2n) is 7.51. The second kappa shape index (κ2) is 8.40. The van der Waals surface area contributed by atoms with Crippen molar-refractivity contribution in [3.63, 3.8) is 0 Å². The van der Waals surface area contributed by atoms with Gasteiger partial charge >= 0.3 is 0 Å². The first-order valence-electron chi connectivity index (χ1n) is 9.84. The number of nitrogens with one attached hydrogen (secondary N) is 1. The van der Waals surface area contributed by atoms with Crippen molar-refractivity contribution >= 4 is 17.5 Å². The summed E-state index contributed by atoms with van der Waals surface area (Å²) in [4.78, 5) is 14.4. The van der Waals surface area contributed by atoms with Gasteiger partial charge in [-0.1, -0.05) is 30.2 Å². The second-order valence-corrected chi connectivity index (χ2v) is 7.95. The fourth-order valence-corrected chi connectivity index (χ4v) is 3.99. The van der Waals surface area contributed by atoms with Crippen molar-refractivity contribution in [1.29, 1.82) is 0 Å². The van der Waals surface area contributed by atoms with Crippen LogP contribution in [0.15, 0.2) is 24.3 Å². The minimum absolute atomic E-state index is 0.199. The van der Waals surface area contributed by atoms with Crippen molar-refractivity contribution in [2.75, 3.05) is 19.6 Å². The van der Waals surface area contributed by atoms with E-state index in [1.54, 1.807) is 0 Å². The van der Waals surface area contributed by atoms with Crippen LogP contribution in [0.25, 0.3) is 0 Å². The number of hydrogen-bond donors (Lipinski definition) is 1. The summed E-state index contributed by atoms with van der Waals surface area (Å²) in [5.74, 6) is 2.46. The van der Waals surface area contributed by atoms with E-state index in [4.69, 9.17) is 11.6 Å². The highest BCUT2D eigenvalue weighted by atomic mass is 35.5. The van der Waals surface area contributed by atoms with Gasteiger partial charge in [0.25, 0.3) is 0 Å². The zero-order chi connectivity index (χ0) is 18.6. The lowest BCUT2D eigenvalue weighted by atomic mass is 9.85. The molecule has 1 amide bonds. The Morgan fingerprint density at radius 1 is 1.22 bits per heavy atom. The van der Waals surface area contributed by atoms with Gasteiger partial charge in [-0.05, 0) is 30.5 Å². The molecule has 0 saturated heterocycles. The first-order valence-corrected chi connectivity index (χ1v) is 10.2. The molecule has 2 aliphatic rings. The molecule has 0 spiro atoms. The summed E-state index contributed by atoms with van der Waals surface area (Å²) in [6, 6.07) is 8.06. The van der Waals surface area contributed by atoms with Crippen molar-refractivity contribution in [1.82, 2.24) is 25.0 Å². The molecule has 1 fully saturated rings. The summed E-state index contributed by atoms with van der Waals surface area (Å²) in [5, 5.41) is 12.6. The molecule has 1 aliphatic heterocycles. The van der Waals surface area contributed by atoms with E-state index in [-0.39, 0.29) is 11.8 Å². The van der Waals surface area contributed by atoms with Gasteiger partial charge in [-0.2, -0.15) is 0 Å². The summed E-state index contributed by atoms with van der Waals surface area (Å²) >= 11 is 6.10. The van der Waals surface area contributed by atoms with Crippen LogP contribution in [0.1, 0.15) is 36.5 Å². The molecule has 4 rings (SSSR count). The van der Waals surface area contributed by atoms with Gasteiger partial charge in [-0.3, -0.25) is 9.69 Å². The number of hydrogen-bond acceptors (Lipinski definition) is 4. The van der Waals surface area contributed by atoms with Crippen LogP contribution in [-0.4, -0.2) is 45.2 Å². The molecule has 2 heterocycles. The van der Waals surface area contributed by atoms with Gasteiger partial charge in [0.15, 0.2) is 0 Å². The first-order chi connectivity index (χ1) is 13.2. The zero-order valence-electron chi connectivity index (χ0n) is 15.5. The van der Waals surface area contributed by atoms with Crippen molar-refractivity contribution < 1.29 is 4.79 Å². The van der Waals surface area contributed by atoms with Crippen LogP contribution < -0.4 is 5.32 Å². The van der Waals surface area contributed by atoms with Crippen molar-refractivity contribution in [2.24, 2.45) is 5.92 Å². The lowest BCUT2D eigenvalue weighted by Gasteiger charge is -2.24. The summed E-state index contributed by atoms with van der Waals surface area (Å²) in [6.45, 7) is 4.34. The summed E-state index contributed by atoms with van der Waals surface area (Å²) in [6.07, 6.45) is 4.88. The van der Waals surface area contributed by atoms with Gasteiger partial charge in [-0.25, -0.2) is 0 Å². The third-order valence-corrected chi connectivity index (χ3v) is 5.85. The molecule has 1 N–H and O–H groups in total. The van der Waals surface area contributed by atoms with Crippen LogP contribution in [0.5, 0.6) is 0 Å². The van der Waals surface area contributed by atoms with Gasteiger partial charge < -0.3 is 9.88 Å². The topological polar surface area (TPSA) is 63.1 Å². The van der Waals surface area contributed by atoms with Crippen LogP contribution in [0.4, 0.5) is 0 Å². The summed E-state index contributed by atoms with van der Waals surface area (Å²) in [5.41, 5.74) is 1.24. The number of carbonyl (C=O) groups is 1. The van der Waals surface area contributed by atoms with Crippen molar-refractivity contribution in [3.8, 4) is 0 Å². The molecule has 1 aliphatic carbocycles. The molecule has 27 heavy (non-hydrogen) atoms. The number of halogens is 1. The fourth-order valence-electron chi connectivity index (χ4n) is 3.78. The van der Waals surface area contributed by atoms with Gasteiger partial charge in [0.05, 0.1) is 0 Å². The van der Waals surface area contributed by atoms with Gasteiger partial charge in [-0.15, -0.1) is 10.2 Å². The number of benzene rings is 1. The highest BCUT2D eigenvalue weighted by Crippen LogP contribution is 2.26. The number of aromatic nitrogens is 3. The Kier molecular flexibility index (Phi) is 5.74. The van der Waals surface area contributed by atoms with Gasteiger partial charge in [0, 0.05) is 56.5 Å². The maximum absolute atomic E-state index is 12.0. The largest absolute Gasteiger partial charge is 0.355 e. The first kappa shape index (κ1) is 18.4. The molecular weight excluding hydrogens is 362 g/mol. The molecule has 144 valence electrons. The van der Waals surface area contributed by atoms with E-state index in [1.807, 2.05) is 18.2 Å². The quantitative estimate of drug-likeness (QED) is 0.827. The minimum atomic E-state index is 0.199. The average molecular weight is 388 g/mol. The van der Waals surface area contributed by atoms with E-state index in [2.05, 4.69) is 31.0 Å². The average Bonchev–Trinajstić information content (AvgIpc) is 2.86. The Morgan fingerprint density at radius 3 is 2.89 bits per heavy atom. The number of nitrogens with zero attached hydrogens (tertiary/aromatic N) is 4. The normalized spacial score (nSPS) is 17.8. The van der Waals surface area contributed by atoms with Crippen LogP contribution in [0, 0.1) is 5.92 Å². The molecule has 1 saturated carbocycles. The number of carbonyl (C=O) groups excluding carboxylic acids is 1. The Labute approximate surface area is 164 Å². The molecule has 2 aromatic rings. The van der Waals surface area contributed by atoms with Crippen LogP contribution in [0.2, 0.25) is 5.02 Å². The number of amides is 1. The minimum Gasteiger partial charge on any atom is -0.355 e. The molecule has 0 unspecified atom stereocenters.